The van der Waals surface area contributed by atoms with Crippen molar-refractivity contribution in [2.24, 2.45) is 0 Å². The highest BCUT2D eigenvalue weighted by Crippen LogP contribution is 2.44. The number of rotatable bonds is 6. The van der Waals surface area contributed by atoms with Crippen LogP contribution in [0.4, 0.5) is 26.3 Å². The molecule has 9 aromatic rings. The minimum Gasteiger partial charge on any atom is -0.309 e. The number of alkyl halides is 6. The number of aryl methyl sites for hydroxylation is 2. The maximum atomic E-state index is 14.0. The third kappa shape index (κ3) is 7.18. The molecule has 0 bridgehead atoms. The molecule has 9 rings (SSSR count). The molecule has 1 heterocycles. The van der Waals surface area contributed by atoms with E-state index in [0.717, 1.165) is 85.1 Å². The maximum Gasteiger partial charge on any atom is 0.416 e. The molecule has 0 atom stereocenters. The summed E-state index contributed by atoms with van der Waals surface area (Å²) in [4.78, 5) is 0. The van der Waals surface area contributed by atoms with Gasteiger partial charge in [0.2, 0.25) is 0 Å². The van der Waals surface area contributed by atoms with Crippen molar-refractivity contribution >= 4 is 21.8 Å². The summed E-state index contributed by atoms with van der Waals surface area (Å²) in [6.07, 6.45) is -9.05. The van der Waals surface area contributed by atoms with Gasteiger partial charge in [-0.25, -0.2) is 0 Å². The Kier molecular flexibility index (Phi) is 9.27. The summed E-state index contributed by atoms with van der Waals surface area (Å²) in [5, 5.41) is 1.49. The molecular formula is C52H35F6N. The van der Waals surface area contributed by atoms with Crippen LogP contribution in [0.3, 0.4) is 0 Å². The van der Waals surface area contributed by atoms with Crippen LogP contribution in [-0.4, -0.2) is 4.57 Å². The molecule has 0 aliphatic rings. The first kappa shape index (κ1) is 37.7. The van der Waals surface area contributed by atoms with Gasteiger partial charge in [-0.15, -0.1) is 0 Å². The number of fused-ring (bicyclic) bond motifs is 3. The molecule has 59 heavy (non-hydrogen) atoms. The summed E-state index contributed by atoms with van der Waals surface area (Å²) in [6.45, 7) is 3.28. The second-order valence-corrected chi connectivity index (χ2v) is 15.0. The van der Waals surface area contributed by atoms with Crippen molar-refractivity contribution in [2.45, 2.75) is 26.2 Å². The lowest BCUT2D eigenvalue weighted by Gasteiger charge is -2.18. The molecule has 0 saturated carbocycles. The lowest BCUT2D eigenvalue weighted by Crippen LogP contribution is -2.05. The fraction of sp³-hybridized carbons (Fsp3) is 0.0769. The minimum atomic E-state index is -4.53. The summed E-state index contributed by atoms with van der Waals surface area (Å²) in [5.41, 5.74) is 10.1. The summed E-state index contributed by atoms with van der Waals surface area (Å²) in [5.74, 6) is 0. The van der Waals surface area contributed by atoms with Crippen LogP contribution in [0, 0.1) is 13.8 Å². The average Bonchev–Trinajstić information content (AvgIpc) is 3.56. The number of nitrogens with zero attached hydrogens (tertiary/aromatic N) is 1. The molecule has 290 valence electrons. The molecule has 0 aliphatic carbocycles. The Hall–Kier alpha value is -6.86. The van der Waals surface area contributed by atoms with Gasteiger partial charge in [0.15, 0.2) is 0 Å². The smallest absolute Gasteiger partial charge is 0.309 e. The Morgan fingerprint density at radius 3 is 1.32 bits per heavy atom. The van der Waals surface area contributed by atoms with Crippen molar-refractivity contribution in [1.29, 1.82) is 0 Å². The van der Waals surface area contributed by atoms with E-state index in [-0.39, 0.29) is 0 Å². The van der Waals surface area contributed by atoms with E-state index in [1.54, 1.807) is 26.0 Å². The van der Waals surface area contributed by atoms with Gasteiger partial charge >= 0.3 is 12.4 Å². The molecule has 0 N–H and O–H groups in total. The van der Waals surface area contributed by atoms with Crippen molar-refractivity contribution < 1.29 is 26.3 Å². The van der Waals surface area contributed by atoms with Gasteiger partial charge in [0.05, 0.1) is 27.8 Å². The van der Waals surface area contributed by atoms with Crippen LogP contribution in [-0.2, 0) is 12.4 Å². The van der Waals surface area contributed by atoms with Gasteiger partial charge in [0.1, 0.15) is 0 Å². The van der Waals surface area contributed by atoms with E-state index in [2.05, 4.69) is 53.1 Å². The van der Waals surface area contributed by atoms with Crippen LogP contribution < -0.4 is 0 Å². The van der Waals surface area contributed by atoms with E-state index >= 15 is 0 Å². The zero-order valence-electron chi connectivity index (χ0n) is 32.0. The minimum absolute atomic E-state index is 0.413. The highest BCUT2D eigenvalue weighted by Gasteiger charge is 2.32. The molecular weight excluding hydrogens is 753 g/mol. The van der Waals surface area contributed by atoms with Crippen molar-refractivity contribution in [1.82, 2.24) is 4.57 Å². The third-order valence-corrected chi connectivity index (χ3v) is 10.9. The summed E-state index contributed by atoms with van der Waals surface area (Å²) >= 11 is 0. The lowest BCUT2D eigenvalue weighted by molar-refractivity contribution is -0.138. The monoisotopic (exact) mass is 787 g/mol. The van der Waals surface area contributed by atoms with Crippen molar-refractivity contribution in [2.75, 3.05) is 0 Å². The number of benzene rings is 8. The Balaban J connectivity index is 1.31. The van der Waals surface area contributed by atoms with E-state index in [1.807, 2.05) is 91.0 Å². The molecule has 0 unspecified atom stereocenters. The van der Waals surface area contributed by atoms with Gasteiger partial charge < -0.3 is 4.57 Å². The topological polar surface area (TPSA) is 4.93 Å². The number of para-hydroxylation sites is 1. The van der Waals surface area contributed by atoms with Crippen molar-refractivity contribution in [3.8, 4) is 61.3 Å². The lowest BCUT2D eigenvalue weighted by atomic mass is 9.90. The number of hydrogen-bond acceptors (Lipinski definition) is 0. The van der Waals surface area contributed by atoms with E-state index in [9.17, 15) is 26.3 Å². The largest absolute Gasteiger partial charge is 0.416 e. The summed E-state index contributed by atoms with van der Waals surface area (Å²) < 4.78 is 86.1. The van der Waals surface area contributed by atoms with Crippen molar-refractivity contribution in [3.05, 3.63) is 198 Å². The van der Waals surface area contributed by atoms with Gasteiger partial charge in [-0.05, 0) is 136 Å². The van der Waals surface area contributed by atoms with Crippen LogP contribution in [0.5, 0.6) is 0 Å². The van der Waals surface area contributed by atoms with Crippen LogP contribution >= 0.6 is 0 Å². The van der Waals surface area contributed by atoms with Crippen LogP contribution in [0.25, 0.3) is 83.1 Å². The molecule has 0 amide bonds. The molecule has 8 aromatic carbocycles. The Labute approximate surface area is 337 Å². The first-order valence-electron chi connectivity index (χ1n) is 19.1. The standard InChI is InChI=1S/C52H35F6N/c1-32-23-39(27-41(25-32)51(53,54)55)37-18-21-49-46(30-37)47-31-38(40-24-33(2)26-42(28-40)52(56,57)58)19-22-50(47)59(49)48-16-10-9-15-44(48)43-20-17-36(34-11-5-3-6-12-34)29-45(43)35-13-7-4-8-14-35/h3-31H,1-2H3. The van der Waals surface area contributed by atoms with Crippen LogP contribution in [0.15, 0.2) is 176 Å². The molecule has 0 spiro atoms. The van der Waals surface area contributed by atoms with E-state index in [0.29, 0.717) is 33.4 Å². The molecule has 7 heteroatoms. The SMILES string of the molecule is Cc1cc(-c2ccc3c(c2)c2cc(-c4cc(C)cc(C(F)(F)F)c4)ccc2n3-c2ccccc2-c2ccc(-c3ccccc3)cc2-c2ccccc2)cc(C(F)(F)F)c1. The fourth-order valence-corrected chi connectivity index (χ4v) is 8.21. The van der Waals surface area contributed by atoms with E-state index < -0.39 is 23.5 Å². The number of hydrogen-bond donors (Lipinski definition) is 0. The van der Waals surface area contributed by atoms with Gasteiger partial charge in [0, 0.05) is 16.3 Å². The Bertz CT molecular complexity index is 2910. The Morgan fingerprint density at radius 2 is 0.797 bits per heavy atom. The predicted molar refractivity (Wildman–Crippen MR) is 227 cm³/mol. The van der Waals surface area contributed by atoms with E-state index in [1.165, 1.54) is 0 Å². The van der Waals surface area contributed by atoms with Gasteiger partial charge in [-0.3, -0.25) is 0 Å². The Morgan fingerprint density at radius 1 is 0.339 bits per heavy atom. The molecule has 0 radical (unpaired) electrons. The third-order valence-electron chi connectivity index (χ3n) is 10.9. The zero-order chi connectivity index (χ0) is 41.1. The number of aromatic nitrogens is 1. The molecule has 1 aromatic heterocycles. The zero-order valence-corrected chi connectivity index (χ0v) is 32.0. The maximum absolute atomic E-state index is 14.0. The quantitative estimate of drug-likeness (QED) is 0.148. The van der Waals surface area contributed by atoms with Crippen LogP contribution in [0.1, 0.15) is 22.3 Å². The molecule has 0 aliphatic heterocycles. The first-order valence-corrected chi connectivity index (χ1v) is 19.1. The highest BCUT2D eigenvalue weighted by atomic mass is 19.4. The first-order chi connectivity index (χ1) is 28.3. The highest BCUT2D eigenvalue weighted by molar-refractivity contribution is 6.12. The van der Waals surface area contributed by atoms with Gasteiger partial charge in [-0.1, -0.05) is 115 Å². The second kappa shape index (κ2) is 14.5. The summed E-state index contributed by atoms with van der Waals surface area (Å²) in [7, 11) is 0. The number of halogens is 6. The van der Waals surface area contributed by atoms with Crippen LogP contribution in [0.2, 0.25) is 0 Å². The van der Waals surface area contributed by atoms with Gasteiger partial charge in [0.25, 0.3) is 0 Å². The fourth-order valence-electron chi connectivity index (χ4n) is 8.21. The summed E-state index contributed by atoms with van der Waals surface area (Å²) in [6, 6.07) is 54.2. The predicted octanol–water partition coefficient (Wildman–Crippen LogP) is 15.8. The van der Waals surface area contributed by atoms with Gasteiger partial charge in [-0.2, -0.15) is 26.3 Å². The van der Waals surface area contributed by atoms with Crippen molar-refractivity contribution in [3.63, 3.8) is 0 Å². The average molecular weight is 788 g/mol. The molecule has 0 saturated heterocycles. The van der Waals surface area contributed by atoms with E-state index in [4.69, 9.17) is 0 Å². The molecule has 0 fully saturated rings. The second-order valence-electron chi connectivity index (χ2n) is 15.0. The molecule has 1 nitrogen and oxygen atoms in total. The normalized spacial score (nSPS) is 12.1.